The fraction of sp³-hybridized carbons (Fsp3) is 0.733. The highest BCUT2D eigenvalue weighted by Crippen LogP contribution is 2.22. The van der Waals surface area contributed by atoms with Gasteiger partial charge in [-0.1, -0.05) is 0 Å². The van der Waals surface area contributed by atoms with Crippen molar-refractivity contribution in [1.82, 2.24) is 10.3 Å². The van der Waals surface area contributed by atoms with E-state index in [9.17, 15) is 4.79 Å². The topological polar surface area (TPSA) is 89.2 Å². The average Bonchev–Trinajstić information content (AvgIpc) is 2.45. The van der Waals surface area contributed by atoms with Crippen molar-refractivity contribution in [3.63, 3.8) is 0 Å². The zero-order chi connectivity index (χ0) is 16.8. The van der Waals surface area contributed by atoms with Gasteiger partial charge in [0.1, 0.15) is 5.60 Å². The summed E-state index contributed by atoms with van der Waals surface area (Å²) in [7, 11) is 3.22. The number of nitrogens with one attached hydrogen (secondary N) is 1. The van der Waals surface area contributed by atoms with Crippen molar-refractivity contribution >= 4 is 12.0 Å². The number of carbonyl (C=O) groups excluding carboxylic acids is 1. The van der Waals surface area contributed by atoms with E-state index in [0.717, 1.165) is 12.8 Å². The second kappa shape index (κ2) is 7.91. The molecule has 1 rings (SSSR count). The Labute approximate surface area is 132 Å². The highest BCUT2D eigenvalue weighted by molar-refractivity contribution is 5.88. The molecule has 0 aliphatic carbocycles. The quantitative estimate of drug-likeness (QED) is 0.470. The van der Waals surface area contributed by atoms with Crippen LogP contribution in [-0.2, 0) is 9.47 Å². The molecule has 1 fully saturated rings. The molecule has 0 saturated carbocycles. The van der Waals surface area contributed by atoms with E-state index in [4.69, 9.17) is 15.2 Å². The fourth-order valence-electron chi connectivity index (χ4n) is 2.25. The van der Waals surface area contributed by atoms with Crippen LogP contribution < -0.4 is 11.2 Å². The van der Waals surface area contributed by atoms with Gasteiger partial charge in [0, 0.05) is 37.8 Å². The molecule has 0 spiro atoms. The minimum absolute atomic E-state index is 0.0819. The Kier molecular flexibility index (Phi) is 6.52. The number of nitrogens with zero attached hydrogens (tertiary/aromatic N) is 2. The van der Waals surface area contributed by atoms with Crippen molar-refractivity contribution < 1.29 is 14.3 Å². The van der Waals surface area contributed by atoms with Gasteiger partial charge in [-0.05, 0) is 33.6 Å². The maximum Gasteiger partial charge on any atom is 0.410 e. The van der Waals surface area contributed by atoms with Crippen molar-refractivity contribution in [2.75, 3.05) is 27.2 Å². The number of likely N-dealkylation sites (tertiary alicyclic amines) is 1. The molecular formula is C15H28N4O3. The van der Waals surface area contributed by atoms with Crippen LogP contribution in [0.1, 0.15) is 33.6 Å². The van der Waals surface area contributed by atoms with Crippen LogP contribution in [0.5, 0.6) is 0 Å². The first-order valence-corrected chi connectivity index (χ1v) is 7.50. The molecule has 1 saturated heterocycles. The van der Waals surface area contributed by atoms with Crippen LogP contribution in [0, 0.1) is 5.92 Å². The number of hydrogen-bond donors (Lipinski definition) is 2. The molecule has 0 bridgehead atoms. The monoisotopic (exact) mass is 312 g/mol. The number of hydrogen-bond acceptors (Lipinski definition) is 6. The van der Waals surface area contributed by atoms with Gasteiger partial charge in [0.25, 0.3) is 0 Å². The van der Waals surface area contributed by atoms with Crippen LogP contribution in [0.2, 0.25) is 0 Å². The first-order chi connectivity index (χ1) is 10.3. The number of hydrazone groups is 1. The van der Waals surface area contributed by atoms with Gasteiger partial charge in [0.05, 0.1) is 7.11 Å². The van der Waals surface area contributed by atoms with Gasteiger partial charge in [-0.25, -0.2) is 4.79 Å². The van der Waals surface area contributed by atoms with Crippen LogP contribution in [0.15, 0.2) is 16.9 Å². The normalized spacial score (nSPS) is 20.6. The molecule has 0 radical (unpaired) electrons. The summed E-state index contributed by atoms with van der Waals surface area (Å²) in [6, 6.07) is 0. The minimum Gasteiger partial charge on any atom is -0.480 e. The van der Waals surface area contributed by atoms with Crippen molar-refractivity contribution in [3.8, 4) is 0 Å². The van der Waals surface area contributed by atoms with E-state index in [1.54, 1.807) is 18.0 Å². The zero-order valence-corrected chi connectivity index (χ0v) is 14.2. The van der Waals surface area contributed by atoms with Gasteiger partial charge in [-0.2, -0.15) is 0 Å². The molecule has 7 nitrogen and oxygen atoms in total. The lowest BCUT2D eigenvalue weighted by Gasteiger charge is -2.34. The Morgan fingerprint density at radius 3 is 2.68 bits per heavy atom. The van der Waals surface area contributed by atoms with Crippen LogP contribution in [-0.4, -0.2) is 49.7 Å². The Balaban J connectivity index is 2.72. The molecule has 3 N–H and O–H groups in total. The van der Waals surface area contributed by atoms with Crippen molar-refractivity contribution in [2.24, 2.45) is 16.8 Å². The smallest absolute Gasteiger partial charge is 0.410 e. The predicted octanol–water partition coefficient (Wildman–Crippen LogP) is 1.66. The lowest BCUT2D eigenvalue weighted by Crippen LogP contribution is -2.44. The van der Waals surface area contributed by atoms with E-state index in [2.05, 4.69) is 10.5 Å². The molecule has 1 aliphatic rings. The summed E-state index contributed by atoms with van der Waals surface area (Å²) in [5.41, 5.74) is 8.96. The van der Waals surface area contributed by atoms with Gasteiger partial charge in [-0.15, -0.1) is 5.10 Å². The highest BCUT2D eigenvalue weighted by atomic mass is 16.6. The summed E-state index contributed by atoms with van der Waals surface area (Å²) in [6.07, 6.45) is 3.22. The standard InChI is InChI=1S/C15H28N4O3/c1-15(2,3)22-14(20)19-8-6-7-11(10-19)12(16)9-13(21-5)18-17-4/h9,11,17H,6-8,10,16H2,1-5H3. The third-order valence-corrected chi connectivity index (χ3v) is 3.27. The number of amides is 1. The number of ether oxygens (including phenoxy) is 2. The number of rotatable bonds is 3. The second-order valence-corrected chi connectivity index (χ2v) is 6.29. The van der Waals surface area contributed by atoms with Gasteiger partial charge >= 0.3 is 6.09 Å². The van der Waals surface area contributed by atoms with Gasteiger partial charge in [0.15, 0.2) is 0 Å². The van der Waals surface area contributed by atoms with Crippen molar-refractivity contribution in [3.05, 3.63) is 11.8 Å². The average molecular weight is 312 g/mol. The van der Waals surface area contributed by atoms with Gasteiger partial charge in [-0.3, -0.25) is 0 Å². The summed E-state index contributed by atoms with van der Waals surface area (Å²) in [5, 5.41) is 3.96. The zero-order valence-electron chi connectivity index (χ0n) is 14.2. The maximum absolute atomic E-state index is 12.1. The Bertz CT molecular complexity index is 441. The van der Waals surface area contributed by atoms with Crippen molar-refractivity contribution in [1.29, 1.82) is 0 Å². The molecule has 1 amide bonds. The largest absolute Gasteiger partial charge is 0.480 e. The summed E-state index contributed by atoms with van der Waals surface area (Å²) in [4.78, 5) is 13.9. The van der Waals surface area contributed by atoms with Crippen LogP contribution in [0.4, 0.5) is 4.79 Å². The molecule has 22 heavy (non-hydrogen) atoms. The summed E-state index contributed by atoms with van der Waals surface area (Å²) < 4.78 is 10.5. The highest BCUT2D eigenvalue weighted by Gasteiger charge is 2.28. The second-order valence-electron chi connectivity index (χ2n) is 6.29. The fourth-order valence-corrected chi connectivity index (χ4v) is 2.25. The van der Waals surface area contributed by atoms with Crippen LogP contribution >= 0.6 is 0 Å². The van der Waals surface area contributed by atoms with Gasteiger partial charge < -0.3 is 25.5 Å². The number of piperidine rings is 1. The Hall–Kier alpha value is -1.92. The number of carbonyl (C=O) groups is 1. The van der Waals surface area contributed by atoms with E-state index in [1.165, 1.54) is 7.11 Å². The lowest BCUT2D eigenvalue weighted by molar-refractivity contribution is 0.0182. The Morgan fingerprint density at radius 2 is 2.14 bits per heavy atom. The van der Waals surface area contributed by atoms with E-state index in [0.29, 0.717) is 24.7 Å². The van der Waals surface area contributed by atoms with E-state index in [-0.39, 0.29) is 12.0 Å². The Morgan fingerprint density at radius 1 is 1.45 bits per heavy atom. The molecular weight excluding hydrogens is 284 g/mol. The maximum atomic E-state index is 12.1. The van der Waals surface area contributed by atoms with E-state index >= 15 is 0 Å². The molecule has 7 heteroatoms. The SMILES string of the molecule is CNN=C(C=C(N)C1CCCN(C(=O)OC(C)(C)C)C1)OC. The summed E-state index contributed by atoms with van der Waals surface area (Å²) in [6.45, 7) is 6.83. The first kappa shape index (κ1) is 18.1. The van der Waals surface area contributed by atoms with Crippen LogP contribution in [0.3, 0.4) is 0 Å². The molecule has 1 unspecified atom stereocenters. The van der Waals surface area contributed by atoms with E-state index in [1.807, 2.05) is 20.8 Å². The molecule has 0 aromatic carbocycles. The third-order valence-electron chi connectivity index (χ3n) is 3.27. The van der Waals surface area contributed by atoms with E-state index < -0.39 is 5.60 Å². The molecule has 1 atom stereocenters. The minimum atomic E-state index is -0.492. The molecule has 0 aromatic heterocycles. The summed E-state index contributed by atoms with van der Waals surface area (Å²) in [5.74, 6) is 0.493. The summed E-state index contributed by atoms with van der Waals surface area (Å²) >= 11 is 0. The predicted molar refractivity (Wildman–Crippen MR) is 86.3 cm³/mol. The third kappa shape index (κ3) is 5.83. The number of nitrogens with two attached hydrogens (primary N) is 1. The molecule has 1 heterocycles. The lowest BCUT2D eigenvalue weighted by atomic mass is 9.95. The molecule has 0 aromatic rings. The van der Waals surface area contributed by atoms with Crippen LogP contribution in [0.25, 0.3) is 0 Å². The molecule has 126 valence electrons. The molecule has 1 aliphatic heterocycles. The van der Waals surface area contributed by atoms with Gasteiger partial charge in [0.2, 0.25) is 5.90 Å². The number of methoxy groups -OCH3 is 1. The van der Waals surface area contributed by atoms with Crippen molar-refractivity contribution in [2.45, 2.75) is 39.2 Å². The first-order valence-electron chi connectivity index (χ1n) is 7.50.